The molecule has 0 spiro atoms. The van der Waals surface area contributed by atoms with E-state index in [0.717, 1.165) is 12.1 Å². The van der Waals surface area contributed by atoms with Crippen LogP contribution >= 0.6 is 0 Å². The monoisotopic (exact) mass is 452 g/mol. The molecule has 2 N–H and O–H groups in total. The number of methoxy groups -OCH3 is 2. The van der Waals surface area contributed by atoms with Crippen LogP contribution in [0.15, 0.2) is 36.4 Å². The zero-order valence-corrected chi connectivity index (χ0v) is 17.0. The molecule has 0 unspecified atom stereocenters. The van der Waals surface area contributed by atoms with Gasteiger partial charge in [0, 0.05) is 6.08 Å². The lowest BCUT2D eigenvalue weighted by atomic mass is 10.2. The van der Waals surface area contributed by atoms with Crippen LogP contribution in [0.1, 0.15) is 5.56 Å². The van der Waals surface area contributed by atoms with Crippen molar-refractivity contribution in [3.8, 4) is 11.5 Å². The van der Waals surface area contributed by atoms with Crippen LogP contribution in [0.5, 0.6) is 11.5 Å². The average Bonchev–Trinajstić information content (AvgIpc) is 2.80. The average molecular weight is 452 g/mol. The van der Waals surface area contributed by atoms with E-state index in [1.165, 1.54) is 20.3 Å². The van der Waals surface area contributed by atoms with Crippen LogP contribution in [0.4, 0.5) is 18.9 Å². The molecule has 11 heteroatoms. The van der Waals surface area contributed by atoms with Crippen LogP contribution in [0.3, 0.4) is 0 Å². The van der Waals surface area contributed by atoms with Gasteiger partial charge in [-0.3, -0.25) is 9.59 Å². The maximum atomic E-state index is 13.5. The fourth-order valence-electron chi connectivity index (χ4n) is 2.35. The first-order valence-corrected chi connectivity index (χ1v) is 9.02. The van der Waals surface area contributed by atoms with Crippen molar-refractivity contribution in [1.82, 2.24) is 5.32 Å². The van der Waals surface area contributed by atoms with Gasteiger partial charge in [-0.1, -0.05) is 6.07 Å². The number of amides is 2. The lowest BCUT2D eigenvalue weighted by Gasteiger charge is -2.08. The number of carbonyl (C=O) groups excluding carboxylic acids is 3. The van der Waals surface area contributed by atoms with Gasteiger partial charge in [-0.25, -0.2) is 18.0 Å². The first kappa shape index (κ1) is 24.3. The number of hydrogen-bond donors (Lipinski definition) is 2. The quantitative estimate of drug-likeness (QED) is 0.344. The molecule has 0 aliphatic heterocycles. The smallest absolute Gasteiger partial charge is 0.331 e. The summed E-state index contributed by atoms with van der Waals surface area (Å²) in [6, 6.07) is 6.42. The summed E-state index contributed by atoms with van der Waals surface area (Å²) < 4.78 is 54.5. The molecule has 0 saturated heterocycles. The number of nitrogens with one attached hydrogen (secondary N) is 2. The Kier molecular flexibility index (Phi) is 8.63. The van der Waals surface area contributed by atoms with Gasteiger partial charge in [-0.05, 0) is 35.9 Å². The Hall–Kier alpha value is -4.02. The SMILES string of the molecule is COc1ccc(/C=C/C(=O)OCC(=O)NCC(=O)Nc2ccc(F)c(F)c2F)cc1OC. The van der Waals surface area contributed by atoms with Gasteiger partial charge in [0.25, 0.3) is 5.91 Å². The van der Waals surface area contributed by atoms with Crippen molar-refractivity contribution >= 4 is 29.5 Å². The van der Waals surface area contributed by atoms with E-state index in [4.69, 9.17) is 14.2 Å². The molecule has 2 rings (SSSR count). The van der Waals surface area contributed by atoms with Gasteiger partial charge in [0.05, 0.1) is 26.5 Å². The number of halogens is 3. The molecule has 0 saturated carbocycles. The molecule has 32 heavy (non-hydrogen) atoms. The van der Waals surface area contributed by atoms with E-state index in [0.29, 0.717) is 23.1 Å². The summed E-state index contributed by atoms with van der Waals surface area (Å²) in [5.41, 5.74) is 0.0278. The Labute approximate surface area is 181 Å². The number of esters is 1. The van der Waals surface area contributed by atoms with E-state index in [1.807, 2.05) is 5.32 Å². The number of ether oxygens (including phenoxy) is 3. The summed E-state index contributed by atoms with van der Waals surface area (Å²) >= 11 is 0. The Morgan fingerprint density at radius 2 is 1.66 bits per heavy atom. The maximum Gasteiger partial charge on any atom is 0.331 e. The highest BCUT2D eigenvalue weighted by Crippen LogP contribution is 2.28. The topological polar surface area (TPSA) is 103 Å². The molecule has 0 bridgehead atoms. The van der Waals surface area contributed by atoms with E-state index in [1.54, 1.807) is 18.2 Å². The largest absolute Gasteiger partial charge is 0.493 e. The fourth-order valence-corrected chi connectivity index (χ4v) is 2.35. The molecule has 8 nitrogen and oxygen atoms in total. The van der Waals surface area contributed by atoms with Crippen LogP contribution in [0.25, 0.3) is 6.08 Å². The van der Waals surface area contributed by atoms with Gasteiger partial charge in [0.2, 0.25) is 5.91 Å². The molecule has 0 radical (unpaired) electrons. The Bertz CT molecular complexity index is 1040. The van der Waals surface area contributed by atoms with E-state index < -0.39 is 54.1 Å². The molecule has 2 amide bonds. The molecule has 0 fully saturated rings. The highest BCUT2D eigenvalue weighted by molar-refractivity contribution is 5.95. The third kappa shape index (κ3) is 6.76. The van der Waals surface area contributed by atoms with Crippen LogP contribution < -0.4 is 20.1 Å². The minimum Gasteiger partial charge on any atom is -0.493 e. The second-order valence-electron chi connectivity index (χ2n) is 6.10. The van der Waals surface area contributed by atoms with Gasteiger partial charge in [0.1, 0.15) is 0 Å². The molecule has 0 aliphatic rings. The molecule has 2 aromatic carbocycles. The van der Waals surface area contributed by atoms with Gasteiger partial charge < -0.3 is 24.8 Å². The number of carbonyl (C=O) groups is 3. The lowest BCUT2D eigenvalue weighted by Crippen LogP contribution is -2.35. The van der Waals surface area contributed by atoms with E-state index in [2.05, 4.69) is 5.32 Å². The normalized spacial score (nSPS) is 10.5. The van der Waals surface area contributed by atoms with Crippen LogP contribution in [-0.4, -0.2) is 45.2 Å². The predicted molar refractivity (Wildman–Crippen MR) is 107 cm³/mol. The van der Waals surface area contributed by atoms with Crippen molar-refractivity contribution in [3.05, 3.63) is 59.4 Å². The Balaban J connectivity index is 1.78. The summed E-state index contributed by atoms with van der Waals surface area (Å²) in [5.74, 6) is -6.26. The first-order valence-electron chi connectivity index (χ1n) is 9.02. The van der Waals surface area contributed by atoms with Gasteiger partial charge in [-0.2, -0.15) is 0 Å². The van der Waals surface area contributed by atoms with Crippen LogP contribution in [0, 0.1) is 17.5 Å². The van der Waals surface area contributed by atoms with E-state index in [9.17, 15) is 27.6 Å². The third-order valence-corrected chi connectivity index (χ3v) is 3.92. The van der Waals surface area contributed by atoms with E-state index in [-0.39, 0.29) is 0 Å². The van der Waals surface area contributed by atoms with Crippen molar-refractivity contribution in [2.45, 2.75) is 0 Å². The van der Waals surface area contributed by atoms with Crippen molar-refractivity contribution < 1.29 is 41.8 Å². The summed E-state index contributed by atoms with van der Waals surface area (Å²) in [6.07, 6.45) is 2.53. The molecule has 0 heterocycles. The number of rotatable bonds is 9. The van der Waals surface area contributed by atoms with Gasteiger partial charge in [-0.15, -0.1) is 0 Å². The van der Waals surface area contributed by atoms with Crippen LogP contribution in [-0.2, 0) is 19.1 Å². The lowest BCUT2D eigenvalue weighted by molar-refractivity contribution is -0.143. The first-order chi connectivity index (χ1) is 15.2. The third-order valence-electron chi connectivity index (χ3n) is 3.92. The minimum atomic E-state index is -1.74. The molecule has 0 atom stereocenters. The van der Waals surface area contributed by atoms with Crippen molar-refractivity contribution in [1.29, 1.82) is 0 Å². The predicted octanol–water partition coefficient (Wildman–Crippen LogP) is 2.43. The molecule has 0 aliphatic carbocycles. The van der Waals surface area contributed by atoms with Crippen molar-refractivity contribution in [2.24, 2.45) is 0 Å². The highest BCUT2D eigenvalue weighted by atomic mass is 19.2. The fraction of sp³-hybridized carbons (Fsp3) is 0.190. The van der Waals surface area contributed by atoms with Crippen molar-refractivity contribution in [2.75, 3.05) is 32.7 Å². The summed E-state index contributed by atoms with van der Waals surface area (Å²) in [7, 11) is 2.95. The van der Waals surface area contributed by atoms with Gasteiger partial charge in [0.15, 0.2) is 35.6 Å². The maximum absolute atomic E-state index is 13.5. The Morgan fingerprint density at radius 3 is 2.34 bits per heavy atom. The Morgan fingerprint density at radius 1 is 0.938 bits per heavy atom. The number of hydrogen-bond acceptors (Lipinski definition) is 6. The number of anilines is 1. The molecule has 2 aromatic rings. The van der Waals surface area contributed by atoms with Gasteiger partial charge >= 0.3 is 5.97 Å². The zero-order chi connectivity index (χ0) is 23.7. The summed E-state index contributed by atoms with van der Waals surface area (Å²) in [5, 5.41) is 4.11. The second-order valence-corrected chi connectivity index (χ2v) is 6.10. The highest BCUT2D eigenvalue weighted by Gasteiger charge is 2.15. The zero-order valence-electron chi connectivity index (χ0n) is 17.0. The summed E-state index contributed by atoms with van der Waals surface area (Å²) in [4.78, 5) is 35.1. The standard InChI is InChI=1S/C21H19F3N2O6/c1-30-15-7-3-12(9-16(15)31-2)4-8-19(29)32-11-18(28)25-10-17(27)26-14-6-5-13(22)20(23)21(14)24/h3-9H,10-11H2,1-2H3,(H,25,28)(H,26,27)/b8-4+. The molecular formula is C21H19F3N2O6. The number of benzene rings is 2. The van der Waals surface area contributed by atoms with Crippen molar-refractivity contribution in [3.63, 3.8) is 0 Å². The molecule has 170 valence electrons. The second kappa shape index (κ2) is 11.4. The van der Waals surface area contributed by atoms with E-state index >= 15 is 0 Å². The minimum absolute atomic E-state index is 0.462. The van der Waals surface area contributed by atoms with Crippen LogP contribution in [0.2, 0.25) is 0 Å². The summed E-state index contributed by atoms with van der Waals surface area (Å²) in [6.45, 7) is -1.29. The molecule has 0 aromatic heterocycles. The molecular weight excluding hydrogens is 433 g/mol.